The van der Waals surface area contributed by atoms with Crippen molar-refractivity contribution in [1.29, 1.82) is 0 Å². The first kappa shape index (κ1) is 14.4. The summed E-state index contributed by atoms with van der Waals surface area (Å²) >= 11 is 0. The zero-order chi connectivity index (χ0) is 14.3. The maximum atomic E-state index is 11.8. The number of ether oxygens (including phenoxy) is 2. The maximum absolute atomic E-state index is 11.8. The van der Waals surface area contributed by atoms with Gasteiger partial charge in [0.2, 0.25) is 0 Å². The largest absolute Gasteiger partial charge is 0.466 e. The number of esters is 2. The number of hydrogen-bond acceptors (Lipinski definition) is 5. The molecule has 0 aromatic heterocycles. The van der Waals surface area contributed by atoms with Gasteiger partial charge < -0.3 is 14.8 Å². The Morgan fingerprint density at radius 2 is 1.68 bits per heavy atom. The SMILES string of the molecule is COC(=O)/C=C(/NC(=O)c1ccccc1)C(=O)OC. The summed E-state index contributed by atoms with van der Waals surface area (Å²) < 4.78 is 8.85. The molecule has 1 amide bonds. The second-order valence-electron chi connectivity index (χ2n) is 3.39. The molecule has 19 heavy (non-hydrogen) atoms. The number of nitrogens with one attached hydrogen (secondary N) is 1. The highest BCUT2D eigenvalue weighted by Gasteiger charge is 2.16. The molecule has 0 saturated carbocycles. The molecular formula is C13H13NO5. The van der Waals surface area contributed by atoms with Crippen LogP contribution in [0, 0.1) is 0 Å². The smallest absolute Gasteiger partial charge is 0.354 e. The van der Waals surface area contributed by atoms with Gasteiger partial charge in [0.05, 0.1) is 20.3 Å². The lowest BCUT2D eigenvalue weighted by Gasteiger charge is -2.07. The van der Waals surface area contributed by atoms with Crippen LogP contribution in [0.3, 0.4) is 0 Å². The summed E-state index contributed by atoms with van der Waals surface area (Å²) in [7, 11) is 2.30. The summed E-state index contributed by atoms with van der Waals surface area (Å²) in [5.41, 5.74) is 0.0605. The van der Waals surface area contributed by atoms with Crippen molar-refractivity contribution in [2.75, 3.05) is 14.2 Å². The molecule has 1 aromatic carbocycles. The Labute approximate surface area is 110 Å². The predicted molar refractivity (Wildman–Crippen MR) is 66.0 cm³/mol. The lowest BCUT2D eigenvalue weighted by Crippen LogP contribution is -2.29. The van der Waals surface area contributed by atoms with Gasteiger partial charge in [0.1, 0.15) is 5.70 Å². The molecule has 0 bridgehead atoms. The molecule has 6 nitrogen and oxygen atoms in total. The van der Waals surface area contributed by atoms with Crippen LogP contribution in [0.15, 0.2) is 42.1 Å². The third kappa shape index (κ3) is 4.27. The highest BCUT2D eigenvalue weighted by atomic mass is 16.5. The van der Waals surface area contributed by atoms with Gasteiger partial charge in [-0.1, -0.05) is 18.2 Å². The maximum Gasteiger partial charge on any atom is 0.354 e. The van der Waals surface area contributed by atoms with Gasteiger partial charge in [0.15, 0.2) is 0 Å². The van der Waals surface area contributed by atoms with Gasteiger partial charge in [-0.3, -0.25) is 4.79 Å². The van der Waals surface area contributed by atoms with Gasteiger partial charge in [0.25, 0.3) is 5.91 Å². The Hall–Kier alpha value is -2.63. The third-order valence-electron chi connectivity index (χ3n) is 2.15. The average molecular weight is 263 g/mol. The molecule has 0 saturated heterocycles. The van der Waals surface area contributed by atoms with Crippen LogP contribution >= 0.6 is 0 Å². The molecule has 0 fully saturated rings. The van der Waals surface area contributed by atoms with Crippen LogP contribution in [0.4, 0.5) is 0 Å². The van der Waals surface area contributed by atoms with Crippen molar-refractivity contribution in [1.82, 2.24) is 5.32 Å². The highest BCUT2D eigenvalue weighted by Crippen LogP contribution is 2.01. The predicted octanol–water partition coefficient (Wildman–Crippen LogP) is 0.646. The monoisotopic (exact) mass is 263 g/mol. The summed E-state index contributed by atoms with van der Waals surface area (Å²) in [6, 6.07) is 8.25. The van der Waals surface area contributed by atoms with E-state index in [0.29, 0.717) is 5.56 Å². The number of rotatable bonds is 4. The van der Waals surface area contributed by atoms with Crippen LogP contribution in [0.2, 0.25) is 0 Å². The van der Waals surface area contributed by atoms with Crippen molar-refractivity contribution in [3.8, 4) is 0 Å². The number of carbonyl (C=O) groups excluding carboxylic acids is 3. The van der Waals surface area contributed by atoms with E-state index in [9.17, 15) is 14.4 Å². The topological polar surface area (TPSA) is 81.7 Å². The van der Waals surface area contributed by atoms with Crippen LogP contribution in [0.5, 0.6) is 0 Å². The van der Waals surface area contributed by atoms with Gasteiger partial charge in [-0.05, 0) is 12.1 Å². The minimum absolute atomic E-state index is 0.289. The molecular weight excluding hydrogens is 250 g/mol. The van der Waals surface area contributed by atoms with E-state index in [0.717, 1.165) is 20.3 Å². The van der Waals surface area contributed by atoms with E-state index in [-0.39, 0.29) is 5.70 Å². The van der Waals surface area contributed by atoms with Crippen molar-refractivity contribution in [3.05, 3.63) is 47.7 Å². The Morgan fingerprint density at radius 3 is 2.21 bits per heavy atom. The molecule has 0 atom stereocenters. The number of hydrogen-bond donors (Lipinski definition) is 1. The van der Waals surface area contributed by atoms with Crippen LogP contribution < -0.4 is 5.32 Å². The van der Waals surface area contributed by atoms with E-state index in [1.165, 1.54) is 0 Å². The zero-order valence-corrected chi connectivity index (χ0v) is 10.5. The molecule has 1 rings (SSSR count). The van der Waals surface area contributed by atoms with Gasteiger partial charge >= 0.3 is 11.9 Å². The van der Waals surface area contributed by atoms with Crippen molar-refractivity contribution in [2.24, 2.45) is 0 Å². The Kier molecular flexibility index (Phi) is 5.28. The quantitative estimate of drug-likeness (QED) is 0.637. The molecule has 6 heteroatoms. The van der Waals surface area contributed by atoms with Crippen LogP contribution in [0.1, 0.15) is 10.4 Å². The second-order valence-corrected chi connectivity index (χ2v) is 3.39. The minimum Gasteiger partial charge on any atom is -0.466 e. The molecule has 0 radical (unpaired) electrons. The molecule has 0 spiro atoms. The number of amides is 1. The van der Waals surface area contributed by atoms with E-state index in [4.69, 9.17) is 0 Å². The lowest BCUT2D eigenvalue weighted by molar-refractivity contribution is -0.138. The minimum atomic E-state index is -0.838. The first-order valence-corrected chi connectivity index (χ1v) is 5.33. The average Bonchev–Trinajstić information content (AvgIpc) is 2.46. The summed E-state index contributed by atoms with van der Waals surface area (Å²) in [4.78, 5) is 34.4. The van der Waals surface area contributed by atoms with Crippen LogP contribution in [-0.4, -0.2) is 32.1 Å². The van der Waals surface area contributed by atoms with E-state index < -0.39 is 17.8 Å². The van der Waals surface area contributed by atoms with Crippen molar-refractivity contribution in [3.63, 3.8) is 0 Å². The van der Waals surface area contributed by atoms with Gasteiger partial charge in [-0.25, -0.2) is 9.59 Å². The molecule has 0 aliphatic rings. The Bertz CT molecular complexity index is 507. The normalized spacial score (nSPS) is 10.5. The molecule has 1 N–H and O–H groups in total. The van der Waals surface area contributed by atoms with Crippen molar-refractivity contribution in [2.45, 2.75) is 0 Å². The first-order chi connectivity index (χ1) is 9.08. The second kappa shape index (κ2) is 6.95. The van der Waals surface area contributed by atoms with Gasteiger partial charge in [-0.2, -0.15) is 0 Å². The Balaban J connectivity index is 2.90. The van der Waals surface area contributed by atoms with Crippen molar-refractivity contribution < 1.29 is 23.9 Å². The molecule has 0 heterocycles. The summed E-state index contributed by atoms with van der Waals surface area (Å²) in [5, 5.41) is 2.30. The van der Waals surface area contributed by atoms with Gasteiger partial charge in [0, 0.05) is 5.56 Å². The standard InChI is InChI=1S/C13H13NO5/c1-18-11(15)8-10(13(17)19-2)14-12(16)9-6-4-3-5-7-9/h3-8H,1-2H3,(H,14,16)/b10-8+. The van der Waals surface area contributed by atoms with E-state index in [1.807, 2.05) is 0 Å². The number of carbonyl (C=O) groups is 3. The zero-order valence-electron chi connectivity index (χ0n) is 10.5. The lowest BCUT2D eigenvalue weighted by atomic mass is 10.2. The first-order valence-electron chi connectivity index (χ1n) is 5.33. The summed E-state index contributed by atoms with van der Waals surface area (Å²) in [5.74, 6) is -2.13. The van der Waals surface area contributed by atoms with Gasteiger partial charge in [-0.15, -0.1) is 0 Å². The van der Waals surface area contributed by atoms with E-state index in [2.05, 4.69) is 14.8 Å². The van der Waals surface area contributed by atoms with Crippen LogP contribution in [-0.2, 0) is 19.1 Å². The fraction of sp³-hybridized carbons (Fsp3) is 0.154. The van der Waals surface area contributed by atoms with E-state index in [1.54, 1.807) is 30.3 Å². The summed E-state index contributed by atoms with van der Waals surface area (Å²) in [6.07, 6.45) is 0.854. The summed E-state index contributed by atoms with van der Waals surface area (Å²) in [6.45, 7) is 0. The highest BCUT2D eigenvalue weighted by molar-refractivity contribution is 6.03. The molecule has 0 aliphatic heterocycles. The third-order valence-corrected chi connectivity index (χ3v) is 2.15. The molecule has 1 aromatic rings. The number of methoxy groups -OCH3 is 2. The molecule has 0 unspecified atom stereocenters. The fourth-order valence-electron chi connectivity index (χ4n) is 1.22. The van der Waals surface area contributed by atoms with E-state index >= 15 is 0 Å². The number of benzene rings is 1. The fourth-order valence-corrected chi connectivity index (χ4v) is 1.22. The van der Waals surface area contributed by atoms with Crippen molar-refractivity contribution >= 4 is 17.8 Å². The van der Waals surface area contributed by atoms with Crippen LogP contribution in [0.25, 0.3) is 0 Å². The Morgan fingerprint density at radius 1 is 1.05 bits per heavy atom. The molecule has 100 valence electrons. The molecule has 0 aliphatic carbocycles.